The normalized spacial score (nSPS) is 12.3. The van der Waals surface area contributed by atoms with Gasteiger partial charge in [0.15, 0.2) is 0 Å². The highest BCUT2D eigenvalue weighted by atomic mass is 79.9. The topological polar surface area (TPSA) is 29.5 Å². The molecule has 0 saturated heterocycles. The van der Waals surface area contributed by atoms with E-state index < -0.39 is 17.7 Å². The van der Waals surface area contributed by atoms with Gasteiger partial charge < -0.3 is 9.84 Å². The number of hydrogen-bond acceptors (Lipinski definition) is 2. The van der Waals surface area contributed by atoms with E-state index in [1.54, 1.807) is 18.2 Å². The van der Waals surface area contributed by atoms with Gasteiger partial charge >= 0.3 is 0 Å². The molecular formula is C16H15BrF2O2. The number of hydrogen-bond donors (Lipinski definition) is 1. The summed E-state index contributed by atoms with van der Waals surface area (Å²) < 4.78 is 33.8. The number of aryl methyl sites for hydroxylation is 1. The fourth-order valence-corrected chi connectivity index (χ4v) is 2.65. The standard InChI is InChI=1S/C16H15BrF2O2/c1-3-21-10-5-6-11(12(17)8-10)16(20)14-13(18)7-4-9(2)15(14)19/h4-8,16,20H,3H2,1-2H3. The molecule has 2 aromatic rings. The van der Waals surface area contributed by atoms with E-state index in [1.807, 2.05) is 6.92 Å². The van der Waals surface area contributed by atoms with Crippen LogP contribution in [0.3, 0.4) is 0 Å². The summed E-state index contributed by atoms with van der Waals surface area (Å²) in [7, 11) is 0. The molecule has 112 valence electrons. The third-order valence-electron chi connectivity index (χ3n) is 3.17. The molecule has 0 aliphatic rings. The second kappa shape index (κ2) is 6.54. The lowest BCUT2D eigenvalue weighted by molar-refractivity contribution is 0.208. The number of aliphatic hydroxyl groups excluding tert-OH is 1. The van der Waals surface area contributed by atoms with Crippen molar-refractivity contribution in [1.82, 2.24) is 0 Å². The second-order valence-electron chi connectivity index (χ2n) is 4.61. The molecule has 0 amide bonds. The Labute approximate surface area is 130 Å². The lowest BCUT2D eigenvalue weighted by Crippen LogP contribution is -2.08. The zero-order valence-electron chi connectivity index (χ0n) is 11.7. The first-order valence-corrected chi connectivity index (χ1v) is 7.29. The molecule has 5 heteroatoms. The van der Waals surface area contributed by atoms with Gasteiger partial charge in [-0.3, -0.25) is 0 Å². The fraction of sp³-hybridized carbons (Fsp3) is 0.250. The lowest BCUT2D eigenvalue weighted by atomic mass is 9.98. The molecular weight excluding hydrogens is 342 g/mol. The molecule has 1 unspecified atom stereocenters. The summed E-state index contributed by atoms with van der Waals surface area (Å²) in [5.74, 6) is -0.889. The Kier molecular flexibility index (Phi) is 4.96. The van der Waals surface area contributed by atoms with E-state index >= 15 is 0 Å². The van der Waals surface area contributed by atoms with Gasteiger partial charge in [0.25, 0.3) is 0 Å². The van der Waals surface area contributed by atoms with E-state index in [0.717, 1.165) is 6.07 Å². The Morgan fingerprint density at radius 1 is 1.24 bits per heavy atom. The van der Waals surface area contributed by atoms with Crippen molar-refractivity contribution >= 4 is 15.9 Å². The van der Waals surface area contributed by atoms with Crippen LogP contribution in [0.1, 0.15) is 29.7 Å². The molecule has 2 nitrogen and oxygen atoms in total. The summed E-state index contributed by atoms with van der Waals surface area (Å²) in [6.45, 7) is 3.89. The van der Waals surface area contributed by atoms with E-state index in [4.69, 9.17) is 4.74 Å². The van der Waals surface area contributed by atoms with Crippen LogP contribution in [0.25, 0.3) is 0 Å². The van der Waals surface area contributed by atoms with Crippen LogP contribution in [-0.2, 0) is 0 Å². The lowest BCUT2D eigenvalue weighted by Gasteiger charge is -2.17. The molecule has 0 heterocycles. The van der Waals surface area contributed by atoms with Gasteiger partial charge in [-0.15, -0.1) is 0 Å². The first-order valence-electron chi connectivity index (χ1n) is 6.50. The van der Waals surface area contributed by atoms with Gasteiger partial charge in [0.05, 0.1) is 12.2 Å². The molecule has 0 saturated carbocycles. The summed E-state index contributed by atoms with van der Waals surface area (Å²) in [5, 5.41) is 10.3. The van der Waals surface area contributed by atoms with Crippen molar-refractivity contribution in [1.29, 1.82) is 0 Å². The SMILES string of the molecule is CCOc1ccc(C(O)c2c(F)ccc(C)c2F)c(Br)c1. The van der Waals surface area contributed by atoms with Crippen LogP contribution in [0.5, 0.6) is 5.75 Å². The molecule has 2 aromatic carbocycles. The van der Waals surface area contributed by atoms with E-state index in [-0.39, 0.29) is 11.1 Å². The largest absolute Gasteiger partial charge is 0.494 e. The van der Waals surface area contributed by atoms with Crippen molar-refractivity contribution in [3.63, 3.8) is 0 Å². The molecule has 0 radical (unpaired) electrons. The number of rotatable bonds is 4. The Morgan fingerprint density at radius 2 is 1.95 bits per heavy atom. The van der Waals surface area contributed by atoms with E-state index in [1.165, 1.54) is 13.0 Å². The predicted molar refractivity (Wildman–Crippen MR) is 80.5 cm³/mol. The van der Waals surface area contributed by atoms with E-state index in [2.05, 4.69) is 15.9 Å². The molecule has 0 aromatic heterocycles. The molecule has 0 aliphatic heterocycles. The van der Waals surface area contributed by atoms with Crippen LogP contribution in [-0.4, -0.2) is 11.7 Å². The van der Waals surface area contributed by atoms with E-state index in [0.29, 0.717) is 22.4 Å². The van der Waals surface area contributed by atoms with Crippen LogP contribution in [0, 0.1) is 18.6 Å². The average Bonchev–Trinajstić information content (AvgIpc) is 2.44. The van der Waals surface area contributed by atoms with Crippen molar-refractivity contribution in [2.24, 2.45) is 0 Å². The summed E-state index contributed by atoms with van der Waals surface area (Å²) >= 11 is 3.30. The van der Waals surface area contributed by atoms with Crippen molar-refractivity contribution in [3.8, 4) is 5.75 Å². The maximum Gasteiger partial charge on any atom is 0.135 e. The van der Waals surface area contributed by atoms with Gasteiger partial charge in [-0.1, -0.05) is 28.1 Å². The first-order chi connectivity index (χ1) is 9.95. The van der Waals surface area contributed by atoms with Crippen molar-refractivity contribution in [3.05, 3.63) is 63.1 Å². The minimum atomic E-state index is -1.39. The second-order valence-corrected chi connectivity index (χ2v) is 5.47. The number of ether oxygens (including phenoxy) is 1. The quantitative estimate of drug-likeness (QED) is 0.872. The third kappa shape index (κ3) is 3.24. The maximum atomic E-state index is 14.1. The van der Waals surface area contributed by atoms with Crippen molar-refractivity contribution < 1.29 is 18.6 Å². The minimum Gasteiger partial charge on any atom is -0.494 e. The van der Waals surface area contributed by atoms with Crippen molar-refractivity contribution in [2.45, 2.75) is 20.0 Å². The highest BCUT2D eigenvalue weighted by molar-refractivity contribution is 9.10. The van der Waals surface area contributed by atoms with E-state index in [9.17, 15) is 13.9 Å². The molecule has 0 aliphatic carbocycles. The van der Waals surface area contributed by atoms with Crippen LogP contribution >= 0.6 is 15.9 Å². The van der Waals surface area contributed by atoms with Crippen LogP contribution in [0.15, 0.2) is 34.8 Å². The van der Waals surface area contributed by atoms with Gasteiger partial charge in [-0.05, 0) is 43.2 Å². The first kappa shape index (κ1) is 15.9. The molecule has 1 N–H and O–H groups in total. The molecule has 2 rings (SSSR count). The highest BCUT2D eigenvalue weighted by Gasteiger charge is 2.23. The zero-order chi connectivity index (χ0) is 15.6. The zero-order valence-corrected chi connectivity index (χ0v) is 13.2. The number of halogens is 3. The number of aliphatic hydroxyl groups is 1. The summed E-state index contributed by atoms with van der Waals surface area (Å²) in [6, 6.07) is 7.39. The molecule has 0 fully saturated rings. The van der Waals surface area contributed by atoms with Gasteiger partial charge in [-0.25, -0.2) is 8.78 Å². The maximum absolute atomic E-state index is 14.1. The summed E-state index contributed by atoms with van der Waals surface area (Å²) in [4.78, 5) is 0. The Bertz CT molecular complexity index is 659. The molecule has 21 heavy (non-hydrogen) atoms. The molecule has 1 atom stereocenters. The Morgan fingerprint density at radius 3 is 2.57 bits per heavy atom. The van der Waals surface area contributed by atoms with Gasteiger partial charge in [-0.2, -0.15) is 0 Å². The summed E-state index contributed by atoms with van der Waals surface area (Å²) in [5.41, 5.74) is 0.314. The predicted octanol–water partition coefficient (Wildman–Crippen LogP) is 4.52. The van der Waals surface area contributed by atoms with Gasteiger partial charge in [0.2, 0.25) is 0 Å². The fourth-order valence-electron chi connectivity index (χ4n) is 2.07. The van der Waals surface area contributed by atoms with Gasteiger partial charge in [0, 0.05) is 4.47 Å². The van der Waals surface area contributed by atoms with Crippen molar-refractivity contribution in [2.75, 3.05) is 6.61 Å². The average molecular weight is 357 g/mol. The van der Waals surface area contributed by atoms with Crippen LogP contribution in [0.4, 0.5) is 8.78 Å². The Balaban J connectivity index is 2.45. The summed E-state index contributed by atoms with van der Waals surface area (Å²) in [6.07, 6.45) is -1.39. The monoisotopic (exact) mass is 356 g/mol. The molecule has 0 spiro atoms. The number of benzene rings is 2. The Hall–Kier alpha value is -1.46. The highest BCUT2D eigenvalue weighted by Crippen LogP contribution is 2.34. The molecule has 0 bridgehead atoms. The van der Waals surface area contributed by atoms with Gasteiger partial charge in [0.1, 0.15) is 23.5 Å². The van der Waals surface area contributed by atoms with Crippen LogP contribution < -0.4 is 4.74 Å². The minimum absolute atomic E-state index is 0.285. The third-order valence-corrected chi connectivity index (χ3v) is 3.86. The smallest absolute Gasteiger partial charge is 0.135 e. The van der Waals surface area contributed by atoms with Crippen LogP contribution in [0.2, 0.25) is 0 Å².